The standard InChI is InChI=1S/C14H16ClNOS/c1-10(16)13-5-4-11(9-14(13)15)17-7-6-12-3-2-8-18-12/h2-5,8-10H,6-7,16H2,1H3. The van der Waals surface area contributed by atoms with Crippen molar-refractivity contribution in [1.29, 1.82) is 0 Å². The minimum Gasteiger partial charge on any atom is -0.493 e. The zero-order valence-corrected chi connectivity index (χ0v) is 11.8. The van der Waals surface area contributed by atoms with Crippen molar-refractivity contribution in [2.24, 2.45) is 5.73 Å². The fourth-order valence-electron chi connectivity index (χ4n) is 1.69. The Bertz CT molecular complexity index is 497. The first-order valence-electron chi connectivity index (χ1n) is 5.87. The van der Waals surface area contributed by atoms with Crippen LogP contribution in [0.4, 0.5) is 0 Å². The van der Waals surface area contributed by atoms with E-state index in [-0.39, 0.29) is 6.04 Å². The number of hydrogen-bond donors (Lipinski definition) is 1. The van der Waals surface area contributed by atoms with Gasteiger partial charge in [0.1, 0.15) is 5.75 Å². The molecule has 0 amide bonds. The van der Waals surface area contributed by atoms with Gasteiger partial charge in [0.2, 0.25) is 0 Å². The van der Waals surface area contributed by atoms with Crippen molar-refractivity contribution in [3.8, 4) is 5.75 Å². The molecule has 2 N–H and O–H groups in total. The predicted octanol–water partition coefficient (Wildman–Crippen LogP) is 4.04. The molecule has 2 nitrogen and oxygen atoms in total. The molecule has 1 aromatic heterocycles. The Labute approximate surface area is 116 Å². The molecule has 1 unspecified atom stereocenters. The number of thiophene rings is 1. The molecule has 18 heavy (non-hydrogen) atoms. The second kappa shape index (κ2) is 6.23. The van der Waals surface area contributed by atoms with E-state index in [1.54, 1.807) is 11.3 Å². The topological polar surface area (TPSA) is 35.2 Å². The molecule has 2 rings (SSSR count). The van der Waals surface area contributed by atoms with Crippen molar-refractivity contribution in [3.05, 3.63) is 51.2 Å². The molecule has 1 heterocycles. The molecular formula is C14H16ClNOS. The van der Waals surface area contributed by atoms with E-state index in [1.165, 1.54) is 4.88 Å². The predicted molar refractivity (Wildman–Crippen MR) is 77.6 cm³/mol. The molecule has 1 atom stereocenters. The van der Waals surface area contributed by atoms with E-state index >= 15 is 0 Å². The fraction of sp³-hybridized carbons (Fsp3) is 0.286. The third-order valence-electron chi connectivity index (χ3n) is 2.66. The molecule has 0 fully saturated rings. The van der Waals surface area contributed by atoms with Gasteiger partial charge in [0.25, 0.3) is 0 Å². The maximum atomic E-state index is 6.14. The van der Waals surface area contributed by atoms with E-state index in [4.69, 9.17) is 22.1 Å². The van der Waals surface area contributed by atoms with Crippen LogP contribution in [0.25, 0.3) is 0 Å². The molecule has 0 spiro atoms. The van der Waals surface area contributed by atoms with Gasteiger partial charge in [-0.2, -0.15) is 0 Å². The molecule has 1 aromatic carbocycles. The van der Waals surface area contributed by atoms with Crippen molar-refractivity contribution in [1.82, 2.24) is 0 Å². The monoisotopic (exact) mass is 281 g/mol. The Morgan fingerprint density at radius 2 is 2.22 bits per heavy atom. The lowest BCUT2D eigenvalue weighted by molar-refractivity contribution is 0.323. The van der Waals surface area contributed by atoms with E-state index in [2.05, 4.69) is 11.4 Å². The van der Waals surface area contributed by atoms with Gasteiger partial charge in [0.05, 0.1) is 6.61 Å². The fourth-order valence-corrected chi connectivity index (χ4v) is 2.72. The lowest BCUT2D eigenvalue weighted by atomic mass is 10.1. The number of rotatable bonds is 5. The zero-order chi connectivity index (χ0) is 13.0. The molecule has 0 aliphatic carbocycles. The van der Waals surface area contributed by atoms with Crippen molar-refractivity contribution in [2.45, 2.75) is 19.4 Å². The summed E-state index contributed by atoms with van der Waals surface area (Å²) in [6, 6.07) is 9.77. The molecular weight excluding hydrogens is 266 g/mol. The third kappa shape index (κ3) is 3.48. The zero-order valence-electron chi connectivity index (χ0n) is 10.2. The minimum absolute atomic E-state index is 0.0577. The van der Waals surface area contributed by atoms with Gasteiger partial charge in [0.15, 0.2) is 0 Å². The van der Waals surface area contributed by atoms with Crippen molar-refractivity contribution < 1.29 is 4.74 Å². The maximum Gasteiger partial charge on any atom is 0.120 e. The van der Waals surface area contributed by atoms with Crippen LogP contribution in [0.3, 0.4) is 0 Å². The summed E-state index contributed by atoms with van der Waals surface area (Å²) in [6.07, 6.45) is 0.921. The largest absolute Gasteiger partial charge is 0.493 e. The van der Waals surface area contributed by atoms with E-state index < -0.39 is 0 Å². The van der Waals surface area contributed by atoms with Crippen LogP contribution < -0.4 is 10.5 Å². The first kappa shape index (κ1) is 13.4. The van der Waals surface area contributed by atoms with Gasteiger partial charge >= 0.3 is 0 Å². The highest BCUT2D eigenvalue weighted by Gasteiger charge is 2.06. The average Bonchev–Trinajstić information content (AvgIpc) is 2.81. The second-order valence-electron chi connectivity index (χ2n) is 4.15. The number of halogens is 1. The lowest BCUT2D eigenvalue weighted by Crippen LogP contribution is -2.06. The van der Waals surface area contributed by atoms with E-state index in [1.807, 2.05) is 31.2 Å². The van der Waals surface area contributed by atoms with Crippen molar-refractivity contribution in [3.63, 3.8) is 0 Å². The number of nitrogens with two attached hydrogens (primary N) is 1. The SMILES string of the molecule is CC(N)c1ccc(OCCc2cccs2)cc1Cl. The minimum atomic E-state index is -0.0577. The third-order valence-corrected chi connectivity index (χ3v) is 3.92. The Hall–Kier alpha value is -1.03. The first-order chi connectivity index (χ1) is 8.66. The highest BCUT2D eigenvalue weighted by Crippen LogP contribution is 2.26. The Morgan fingerprint density at radius 1 is 1.39 bits per heavy atom. The molecule has 0 saturated carbocycles. The van der Waals surface area contributed by atoms with Gasteiger partial charge in [-0.25, -0.2) is 0 Å². The van der Waals surface area contributed by atoms with Gasteiger partial charge < -0.3 is 10.5 Å². The summed E-state index contributed by atoms with van der Waals surface area (Å²) < 4.78 is 5.68. The van der Waals surface area contributed by atoms with Gasteiger partial charge in [-0.05, 0) is 36.1 Å². The highest BCUT2D eigenvalue weighted by atomic mass is 35.5. The first-order valence-corrected chi connectivity index (χ1v) is 7.13. The summed E-state index contributed by atoms with van der Waals surface area (Å²) in [5, 5.41) is 2.74. The van der Waals surface area contributed by atoms with Gasteiger partial charge in [-0.1, -0.05) is 23.7 Å². The van der Waals surface area contributed by atoms with Crippen LogP contribution >= 0.6 is 22.9 Å². The Morgan fingerprint density at radius 3 is 2.83 bits per heavy atom. The van der Waals surface area contributed by atoms with Gasteiger partial charge in [-0.3, -0.25) is 0 Å². The molecule has 0 saturated heterocycles. The molecule has 96 valence electrons. The molecule has 0 bridgehead atoms. The van der Waals surface area contributed by atoms with Crippen LogP contribution in [0.2, 0.25) is 5.02 Å². The number of benzene rings is 1. The molecule has 2 aromatic rings. The number of ether oxygens (including phenoxy) is 1. The van der Waals surface area contributed by atoms with Crippen molar-refractivity contribution >= 4 is 22.9 Å². The molecule has 4 heteroatoms. The van der Waals surface area contributed by atoms with Gasteiger partial charge in [-0.15, -0.1) is 11.3 Å². The average molecular weight is 282 g/mol. The van der Waals surface area contributed by atoms with Crippen molar-refractivity contribution in [2.75, 3.05) is 6.61 Å². The summed E-state index contributed by atoms with van der Waals surface area (Å²) in [7, 11) is 0. The van der Waals surface area contributed by atoms with E-state index in [0.29, 0.717) is 11.6 Å². The Kier molecular flexibility index (Phi) is 4.64. The smallest absolute Gasteiger partial charge is 0.120 e. The normalized spacial score (nSPS) is 12.4. The van der Waals surface area contributed by atoms with Crippen LogP contribution in [0.15, 0.2) is 35.7 Å². The van der Waals surface area contributed by atoms with Crippen LogP contribution in [-0.4, -0.2) is 6.61 Å². The second-order valence-corrected chi connectivity index (χ2v) is 5.59. The highest BCUT2D eigenvalue weighted by molar-refractivity contribution is 7.09. The van der Waals surface area contributed by atoms with Crippen LogP contribution in [0.5, 0.6) is 5.75 Å². The summed E-state index contributed by atoms with van der Waals surface area (Å²) in [5.41, 5.74) is 6.75. The molecule has 0 radical (unpaired) electrons. The van der Waals surface area contributed by atoms with Crippen LogP contribution in [0, 0.1) is 0 Å². The molecule has 0 aliphatic heterocycles. The van der Waals surface area contributed by atoms with E-state index in [9.17, 15) is 0 Å². The van der Waals surface area contributed by atoms with Crippen LogP contribution in [-0.2, 0) is 6.42 Å². The lowest BCUT2D eigenvalue weighted by Gasteiger charge is -2.11. The Balaban J connectivity index is 1.92. The quantitative estimate of drug-likeness (QED) is 0.898. The summed E-state index contributed by atoms with van der Waals surface area (Å²) >= 11 is 7.89. The summed E-state index contributed by atoms with van der Waals surface area (Å²) in [5.74, 6) is 0.793. The van der Waals surface area contributed by atoms with Gasteiger partial charge in [0, 0.05) is 22.4 Å². The summed E-state index contributed by atoms with van der Waals surface area (Å²) in [4.78, 5) is 1.33. The van der Waals surface area contributed by atoms with E-state index in [0.717, 1.165) is 17.7 Å². The maximum absolute atomic E-state index is 6.14. The summed E-state index contributed by atoms with van der Waals surface area (Å²) in [6.45, 7) is 2.58. The number of hydrogen-bond acceptors (Lipinski definition) is 3. The molecule has 0 aliphatic rings. The van der Waals surface area contributed by atoms with Crippen LogP contribution in [0.1, 0.15) is 23.4 Å².